The maximum absolute atomic E-state index is 12.6. The van der Waals surface area contributed by atoms with E-state index in [1.54, 1.807) is 63.8 Å². The van der Waals surface area contributed by atoms with Crippen molar-refractivity contribution in [2.24, 2.45) is 0 Å². The number of carbonyl (C=O) groups excluding carboxylic acids is 4. The number of hydrogen-bond acceptors (Lipinski definition) is 8. The fourth-order valence-corrected chi connectivity index (χ4v) is 3.21. The summed E-state index contributed by atoms with van der Waals surface area (Å²) in [6.07, 6.45) is -0.0722. The zero-order valence-corrected chi connectivity index (χ0v) is 20.4. The van der Waals surface area contributed by atoms with Gasteiger partial charge in [-0.2, -0.15) is 0 Å². The summed E-state index contributed by atoms with van der Waals surface area (Å²) in [4.78, 5) is 49.9. The summed E-state index contributed by atoms with van der Waals surface area (Å²) in [5.74, 6) is -0.753. The van der Waals surface area contributed by atoms with E-state index in [1.807, 2.05) is 0 Å². The Labute approximate surface area is 199 Å². The van der Waals surface area contributed by atoms with Gasteiger partial charge in [-0.15, -0.1) is 0 Å². The quantitative estimate of drug-likeness (QED) is 0.402. The monoisotopic (exact) mass is 478 g/mol. The van der Waals surface area contributed by atoms with Crippen LogP contribution in [0, 0.1) is 0 Å². The van der Waals surface area contributed by atoms with Crippen molar-refractivity contribution in [1.82, 2.24) is 10.2 Å². The first kappa shape index (κ1) is 27.1. The van der Waals surface area contributed by atoms with Crippen LogP contribution in [0.2, 0.25) is 0 Å². The number of Topliss-reactive ketones (excluding diaryl/α,β-unsaturated/α-hetero) is 1. The Morgan fingerprint density at radius 1 is 1.12 bits per heavy atom. The van der Waals surface area contributed by atoms with Gasteiger partial charge in [0.2, 0.25) is 5.91 Å². The molecule has 2 amide bonds. The minimum atomic E-state index is -0.760. The lowest BCUT2D eigenvalue weighted by Crippen LogP contribution is -2.41. The predicted molar refractivity (Wildman–Crippen MR) is 123 cm³/mol. The number of ether oxygens (including phenoxy) is 4. The van der Waals surface area contributed by atoms with Crippen LogP contribution in [-0.2, 0) is 23.8 Å². The molecule has 0 radical (unpaired) electrons. The van der Waals surface area contributed by atoms with Crippen molar-refractivity contribution >= 4 is 23.8 Å². The van der Waals surface area contributed by atoms with Gasteiger partial charge in [0.15, 0.2) is 12.4 Å². The lowest BCUT2D eigenvalue weighted by Gasteiger charge is -2.24. The number of carbonyl (C=O) groups is 4. The van der Waals surface area contributed by atoms with Crippen LogP contribution in [-0.4, -0.2) is 79.3 Å². The molecule has 0 bridgehead atoms. The van der Waals surface area contributed by atoms with Crippen LogP contribution >= 0.6 is 0 Å². The largest absolute Gasteiger partial charge is 0.482 e. The Morgan fingerprint density at radius 3 is 2.41 bits per heavy atom. The SMILES string of the molecule is CCOC(=O)COc1ccc(C(=O)[C@H](C)NC(=O)CO[C@@H]2CCN(C(=O)OC(C)(C)C)C2)cc1. The van der Waals surface area contributed by atoms with Gasteiger partial charge in [-0.3, -0.25) is 9.59 Å². The fraction of sp³-hybridized carbons (Fsp3) is 0.583. The van der Waals surface area contributed by atoms with Gasteiger partial charge in [-0.05, 0) is 65.3 Å². The van der Waals surface area contributed by atoms with E-state index in [0.717, 1.165) is 0 Å². The van der Waals surface area contributed by atoms with Crippen molar-refractivity contribution in [3.05, 3.63) is 29.8 Å². The first-order valence-corrected chi connectivity index (χ1v) is 11.3. The number of esters is 1. The van der Waals surface area contributed by atoms with Crippen LogP contribution in [0.1, 0.15) is 51.4 Å². The summed E-state index contributed by atoms with van der Waals surface area (Å²) in [6, 6.07) is 5.50. The molecular weight excluding hydrogens is 444 g/mol. The Kier molecular flexibility index (Phi) is 9.85. The molecular formula is C24H34N2O8. The molecule has 188 valence electrons. The highest BCUT2D eigenvalue weighted by atomic mass is 16.6. The number of nitrogens with zero attached hydrogens (tertiary/aromatic N) is 1. The molecule has 0 aliphatic carbocycles. The molecule has 1 N–H and O–H groups in total. The lowest BCUT2D eigenvalue weighted by molar-refractivity contribution is -0.145. The molecule has 0 unspecified atom stereocenters. The van der Waals surface area contributed by atoms with Gasteiger partial charge in [0.25, 0.3) is 0 Å². The number of nitrogens with one attached hydrogen (secondary N) is 1. The predicted octanol–water partition coefficient (Wildman–Crippen LogP) is 2.34. The third kappa shape index (κ3) is 9.01. The van der Waals surface area contributed by atoms with Gasteiger partial charge in [0.1, 0.15) is 18.0 Å². The van der Waals surface area contributed by atoms with E-state index in [4.69, 9.17) is 18.9 Å². The average molecular weight is 479 g/mol. The maximum atomic E-state index is 12.6. The highest BCUT2D eigenvalue weighted by molar-refractivity contribution is 6.01. The minimum absolute atomic E-state index is 0.217. The van der Waals surface area contributed by atoms with E-state index >= 15 is 0 Å². The van der Waals surface area contributed by atoms with Crippen LogP contribution < -0.4 is 10.1 Å². The summed E-state index contributed by atoms with van der Waals surface area (Å²) >= 11 is 0. The summed E-state index contributed by atoms with van der Waals surface area (Å²) in [7, 11) is 0. The Hall–Kier alpha value is -3.14. The lowest BCUT2D eigenvalue weighted by atomic mass is 10.1. The molecule has 1 aromatic rings. The van der Waals surface area contributed by atoms with E-state index in [-0.39, 0.29) is 31.7 Å². The summed E-state index contributed by atoms with van der Waals surface area (Å²) < 4.78 is 21.0. The smallest absolute Gasteiger partial charge is 0.410 e. The van der Waals surface area contributed by atoms with Crippen molar-refractivity contribution in [1.29, 1.82) is 0 Å². The first-order valence-electron chi connectivity index (χ1n) is 11.3. The maximum Gasteiger partial charge on any atom is 0.410 e. The zero-order valence-electron chi connectivity index (χ0n) is 20.4. The molecule has 10 heteroatoms. The summed E-state index contributed by atoms with van der Waals surface area (Å²) in [6.45, 7) is 9.38. The van der Waals surface area contributed by atoms with E-state index in [0.29, 0.717) is 30.8 Å². The van der Waals surface area contributed by atoms with Gasteiger partial charge in [-0.25, -0.2) is 9.59 Å². The van der Waals surface area contributed by atoms with E-state index in [9.17, 15) is 19.2 Å². The van der Waals surface area contributed by atoms with Crippen LogP contribution in [0.4, 0.5) is 4.79 Å². The van der Waals surface area contributed by atoms with Gasteiger partial charge in [-0.1, -0.05) is 0 Å². The Bertz CT molecular complexity index is 863. The van der Waals surface area contributed by atoms with Crippen molar-refractivity contribution < 1.29 is 38.1 Å². The molecule has 2 rings (SSSR count). The average Bonchev–Trinajstić information content (AvgIpc) is 3.24. The molecule has 1 aromatic carbocycles. The van der Waals surface area contributed by atoms with Gasteiger partial charge < -0.3 is 29.2 Å². The van der Waals surface area contributed by atoms with Crippen LogP contribution in [0.5, 0.6) is 5.75 Å². The number of amides is 2. The van der Waals surface area contributed by atoms with E-state index in [2.05, 4.69) is 5.32 Å². The highest BCUT2D eigenvalue weighted by Gasteiger charge is 2.30. The molecule has 2 atom stereocenters. The third-order valence-corrected chi connectivity index (χ3v) is 4.82. The molecule has 34 heavy (non-hydrogen) atoms. The molecule has 0 saturated carbocycles. The van der Waals surface area contributed by atoms with Gasteiger partial charge in [0.05, 0.1) is 25.3 Å². The van der Waals surface area contributed by atoms with Crippen molar-refractivity contribution in [3.8, 4) is 5.75 Å². The number of benzene rings is 1. The van der Waals surface area contributed by atoms with Gasteiger partial charge >= 0.3 is 12.1 Å². The molecule has 0 aromatic heterocycles. The van der Waals surface area contributed by atoms with E-state index < -0.39 is 29.6 Å². The third-order valence-electron chi connectivity index (χ3n) is 4.82. The second kappa shape index (κ2) is 12.4. The second-order valence-electron chi connectivity index (χ2n) is 8.92. The standard InChI is InChI=1S/C24H34N2O8/c1-6-31-21(28)15-33-18-9-7-17(8-10-18)22(29)16(2)25-20(27)14-32-19-11-12-26(13-19)23(30)34-24(3,4)5/h7-10,16,19H,6,11-15H2,1-5H3,(H,25,27)/t16-,19+/m0/s1. The van der Waals surface area contributed by atoms with Crippen LogP contribution in [0.3, 0.4) is 0 Å². The molecule has 1 aliphatic heterocycles. The molecule has 10 nitrogen and oxygen atoms in total. The molecule has 1 fully saturated rings. The Morgan fingerprint density at radius 2 is 1.79 bits per heavy atom. The summed E-state index contributed by atoms with van der Waals surface area (Å²) in [5.41, 5.74) is -0.185. The number of rotatable bonds is 10. The van der Waals surface area contributed by atoms with Gasteiger partial charge in [0, 0.05) is 12.1 Å². The topological polar surface area (TPSA) is 120 Å². The Balaban J connectivity index is 1.74. The van der Waals surface area contributed by atoms with Crippen molar-refractivity contribution in [2.75, 3.05) is 32.9 Å². The van der Waals surface area contributed by atoms with Crippen molar-refractivity contribution in [3.63, 3.8) is 0 Å². The fourth-order valence-electron chi connectivity index (χ4n) is 3.21. The molecule has 1 saturated heterocycles. The number of likely N-dealkylation sites (tertiary alicyclic amines) is 1. The molecule has 0 spiro atoms. The zero-order chi connectivity index (χ0) is 25.3. The van der Waals surface area contributed by atoms with E-state index in [1.165, 1.54) is 0 Å². The molecule has 1 aliphatic rings. The minimum Gasteiger partial charge on any atom is -0.482 e. The summed E-state index contributed by atoms with van der Waals surface area (Å²) in [5, 5.41) is 2.62. The normalized spacial score (nSPS) is 16.5. The van der Waals surface area contributed by atoms with Crippen LogP contribution in [0.15, 0.2) is 24.3 Å². The first-order chi connectivity index (χ1) is 16.0. The number of hydrogen-bond donors (Lipinski definition) is 1. The highest BCUT2D eigenvalue weighted by Crippen LogP contribution is 2.17. The molecule has 1 heterocycles. The second-order valence-corrected chi connectivity index (χ2v) is 8.92. The van der Waals surface area contributed by atoms with Crippen LogP contribution in [0.25, 0.3) is 0 Å². The van der Waals surface area contributed by atoms with Crippen molar-refractivity contribution in [2.45, 2.75) is 58.8 Å². The number of ketones is 1.